The molecule has 0 atom stereocenters. The van der Waals surface area contributed by atoms with E-state index in [4.69, 9.17) is 5.11 Å². The Bertz CT molecular complexity index is 418. The summed E-state index contributed by atoms with van der Waals surface area (Å²) in [5.74, 6) is 2.51. The topological polar surface area (TPSA) is 70.1 Å². The third-order valence-electron chi connectivity index (χ3n) is 3.12. The largest absolute Gasteiger partial charge is 0.396 e. The maximum atomic E-state index is 9.05. The lowest BCUT2D eigenvalue weighted by Crippen LogP contribution is -2.25. The average Bonchev–Trinajstić information content (AvgIpc) is 2.32. The van der Waals surface area contributed by atoms with Gasteiger partial charge in [-0.2, -0.15) is 0 Å². The first kappa shape index (κ1) is 15.7. The van der Waals surface area contributed by atoms with Gasteiger partial charge >= 0.3 is 0 Å². The molecule has 5 heteroatoms. The molecule has 0 amide bonds. The van der Waals surface area contributed by atoms with Crippen molar-refractivity contribution in [1.82, 2.24) is 9.97 Å². The molecule has 1 aromatic heterocycles. The van der Waals surface area contributed by atoms with Crippen LogP contribution in [0.15, 0.2) is 0 Å². The predicted molar refractivity (Wildman–Crippen MR) is 79.6 cm³/mol. The van der Waals surface area contributed by atoms with Gasteiger partial charge in [0, 0.05) is 25.3 Å². The lowest BCUT2D eigenvalue weighted by Gasteiger charge is -2.25. The summed E-state index contributed by atoms with van der Waals surface area (Å²) in [5.41, 5.74) is 1.07. The van der Waals surface area contributed by atoms with Gasteiger partial charge in [0.25, 0.3) is 0 Å². The number of anilines is 2. The standard InChI is InChI=1S/C14H26N4O/c1-6-15-12-10(2)13(18-11(3)17-12)16-9-14(4,5)7-8-19/h19H,6-9H2,1-5H3,(H2,15,16,17,18). The van der Waals surface area contributed by atoms with Crippen LogP contribution in [0.3, 0.4) is 0 Å². The molecule has 5 nitrogen and oxygen atoms in total. The van der Waals surface area contributed by atoms with E-state index in [1.165, 1.54) is 0 Å². The summed E-state index contributed by atoms with van der Waals surface area (Å²) in [7, 11) is 0. The molecule has 0 saturated heterocycles. The van der Waals surface area contributed by atoms with E-state index < -0.39 is 0 Å². The second kappa shape index (κ2) is 6.70. The van der Waals surface area contributed by atoms with Gasteiger partial charge in [-0.15, -0.1) is 0 Å². The maximum absolute atomic E-state index is 9.05. The molecule has 1 heterocycles. The Hall–Kier alpha value is -1.36. The van der Waals surface area contributed by atoms with Gasteiger partial charge in [0.05, 0.1) is 0 Å². The van der Waals surface area contributed by atoms with Crippen LogP contribution in [0, 0.1) is 19.3 Å². The third-order valence-corrected chi connectivity index (χ3v) is 3.12. The number of rotatable bonds is 7. The number of aliphatic hydroxyl groups excluding tert-OH is 1. The van der Waals surface area contributed by atoms with Crippen molar-refractivity contribution in [2.45, 2.75) is 41.0 Å². The molecule has 1 rings (SSSR count). The van der Waals surface area contributed by atoms with E-state index >= 15 is 0 Å². The maximum Gasteiger partial charge on any atom is 0.134 e. The summed E-state index contributed by atoms with van der Waals surface area (Å²) in [6, 6.07) is 0. The van der Waals surface area contributed by atoms with Gasteiger partial charge in [0.2, 0.25) is 0 Å². The van der Waals surface area contributed by atoms with E-state index in [9.17, 15) is 0 Å². The number of nitrogens with one attached hydrogen (secondary N) is 2. The van der Waals surface area contributed by atoms with Crippen LogP contribution in [-0.2, 0) is 0 Å². The minimum absolute atomic E-state index is 0.0401. The molecule has 19 heavy (non-hydrogen) atoms. The van der Waals surface area contributed by atoms with E-state index in [1.807, 2.05) is 20.8 Å². The second-order valence-corrected chi connectivity index (χ2v) is 5.61. The molecule has 0 aromatic carbocycles. The number of nitrogens with zero attached hydrogens (tertiary/aromatic N) is 2. The van der Waals surface area contributed by atoms with Gasteiger partial charge in [0.1, 0.15) is 17.5 Å². The number of aliphatic hydroxyl groups is 1. The highest BCUT2D eigenvalue weighted by atomic mass is 16.3. The number of hydrogen-bond acceptors (Lipinski definition) is 5. The summed E-state index contributed by atoms with van der Waals surface area (Å²) in [4.78, 5) is 8.86. The van der Waals surface area contributed by atoms with Gasteiger partial charge in [-0.05, 0) is 32.6 Å². The Kier molecular flexibility index (Phi) is 5.54. The van der Waals surface area contributed by atoms with Crippen LogP contribution >= 0.6 is 0 Å². The van der Waals surface area contributed by atoms with Crippen molar-refractivity contribution < 1.29 is 5.11 Å². The Morgan fingerprint density at radius 1 is 1.11 bits per heavy atom. The van der Waals surface area contributed by atoms with Gasteiger partial charge in [-0.3, -0.25) is 0 Å². The normalized spacial score (nSPS) is 11.5. The van der Waals surface area contributed by atoms with Crippen molar-refractivity contribution in [2.75, 3.05) is 30.3 Å². The highest BCUT2D eigenvalue weighted by Gasteiger charge is 2.18. The molecule has 0 aliphatic carbocycles. The summed E-state index contributed by atoms with van der Waals surface area (Å²) in [6.07, 6.45) is 0.767. The van der Waals surface area contributed by atoms with Crippen LogP contribution in [0.5, 0.6) is 0 Å². The SMILES string of the molecule is CCNc1nc(C)nc(NCC(C)(C)CCO)c1C. The minimum atomic E-state index is 0.0401. The van der Waals surface area contributed by atoms with Gasteiger partial charge in [0.15, 0.2) is 0 Å². The molecule has 1 aromatic rings. The van der Waals surface area contributed by atoms with E-state index in [-0.39, 0.29) is 12.0 Å². The van der Waals surface area contributed by atoms with Gasteiger partial charge < -0.3 is 15.7 Å². The van der Waals surface area contributed by atoms with Gasteiger partial charge in [-0.1, -0.05) is 13.8 Å². The summed E-state index contributed by atoms with van der Waals surface area (Å²) >= 11 is 0. The van der Waals surface area contributed by atoms with Crippen LogP contribution in [0.1, 0.15) is 38.6 Å². The predicted octanol–water partition coefficient (Wildman–Crippen LogP) is 2.35. The monoisotopic (exact) mass is 266 g/mol. The van der Waals surface area contributed by atoms with Crippen molar-refractivity contribution in [3.8, 4) is 0 Å². The lowest BCUT2D eigenvalue weighted by molar-refractivity contribution is 0.220. The van der Waals surface area contributed by atoms with Crippen LogP contribution in [0.2, 0.25) is 0 Å². The molecule has 3 N–H and O–H groups in total. The molecule has 0 fully saturated rings. The van der Waals surface area contributed by atoms with Crippen molar-refractivity contribution in [3.63, 3.8) is 0 Å². The van der Waals surface area contributed by atoms with Crippen molar-refractivity contribution in [2.24, 2.45) is 5.41 Å². The zero-order chi connectivity index (χ0) is 14.5. The van der Waals surface area contributed by atoms with Crippen molar-refractivity contribution in [1.29, 1.82) is 0 Å². The van der Waals surface area contributed by atoms with Crippen molar-refractivity contribution in [3.05, 3.63) is 11.4 Å². The molecule has 0 aliphatic rings. The van der Waals surface area contributed by atoms with Crippen LogP contribution in [-0.4, -0.2) is 34.8 Å². The summed E-state index contributed by atoms with van der Waals surface area (Å²) < 4.78 is 0. The first-order chi connectivity index (χ1) is 8.89. The quantitative estimate of drug-likeness (QED) is 0.706. The molecule has 0 unspecified atom stereocenters. The Morgan fingerprint density at radius 2 is 1.68 bits per heavy atom. The number of hydrogen-bond donors (Lipinski definition) is 3. The molecular weight excluding hydrogens is 240 g/mol. The fourth-order valence-electron chi connectivity index (χ4n) is 1.85. The fraction of sp³-hybridized carbons (Fsp3) is 0.714. The van der Waals surface area contributed by atoms with Crippen LogP contribution in [0.25, 0.3) is 0 Å². The first-order valence-corrected chi connectivity index (χ1v) is 6.83. The zero-order valence-electron chi connectivity index (χ0n) is 12.7. The van der Waals surface area contributed by atoms with E-state index in [1.54, 1.807) is 0 Å². The van der Waals surface area contributed by atoms with Crippen LogP contribution < -0.4 is 10.6 Å². The highest BCUT2D eigenvalue weighted by molar-refractivity contribution is 5.57. The smallest absolute Gasteiger partial charge is 0.134 e. The van der Waals surface area contributed by atoms with Crippen molar-refractivity contribution >= 4 is 11.6 Å². The number of aryl methyl sites for hydroxylation is 1. The Labute approximate surface area is 115 Å². The lowest BCUT2D eigenvalue weighted by atomic mass is 9.90. The Morgan fingerprint density at radius 3 is 2.21 bits per heavy atom. The third kappa shape index (κ3) is 4.67. The summed E-state index contributed by atoms with van der Waals surface area (Å²) in [5, 5.41) is 15.7. The second-order valence-electron chi connectivity index (χ2n) is 5.61. The molecule has 0 radical (unpaired) electrons. The highest BCUT2D eigenvalue weighted by Crippen LogP contribution is 2.24. The number of aromatic nitrogens is 2. The molecule has 108 valence electrons. The molecule has 0 aliphatic heterocycles. The van der Waals surface area contributed by atoms with E-state index in [2.05, 4.69) is 34.4 Å². The molecule has 0 spiro atoms. The van der Waals surface area contributed by atoms with E-state index in [0.29, 0.717) is 0 Å². The first-order valence-electron chi connectivity index (χ1n) is 6.83. The fourth-order valence-corrected chi connectivity index (χ4v) is 1.85. The molecular formula is C14H26N4O. The molecule has 0 bridgehead atoms. The Balaban J connectivity index is 2.83. The summed E-state index contributed by atoms with van der Waals surface area (Å²) in [6.45, 7) is 12.0. The van der Waals surface area contributed by atoms with Crippen LogP contribution in [0.4, 0.5) is 11.6 Å². The zero-order valence-corrected chi connectivity index (χ0v) is 12.7. The average molecular weight is 266 g/mol. The minimum Gasteiger partial charge on any atom is -0.396 e. The van der Waals surface area contributed by atoms with E-state index in [0.717, 1.165) is 42.5 Å². The molecule has 0 saturated carbocycles. The van der Waals surface area contributed by atoms with Gasteiger partial charge in [-0.25, -0.2) is 9.97 Å².